The van der Waals surface area contributed by atoms with Gasteiger partial charge in [0.15, 0.2) is 0 Å². The first-order valence-electron chi connectivity index (χ1n) is 10.7. The number of phenols is 1. The number of carbonyl (C=O) groups excluding carboxylic acids is 2. The van der Waals surface area contributed by atoms with E-state index in [2.05, 4.69) is 5.32 Å². The molecule has 1 fully saturated rings. The van der Waals surface area contributed by atoms with Crippen molar-refractivity contribution in [1.82, 2.24) is 4.90 Å². The number of carbonyl (C=O) groups is 2. The summed E-state index contributed by atoms with van der Waals surface area (Å²) in [5, 5.41) is 12.6. The summed E-state index contributed by atoms with van der Waals surface area (Å²) in [5.41, 5.74) is 2.05. The number of anilines is 1. The molecule has 0 unspecified atom stereocenters. The molecule has 1 heterocycles. The van der Waals surface area contributed by atoms with Crippen LogP contribution in [0.3, 0.4) is 0 Å². The fraction of sp³-hybridized carbons (Fsp3) is 0.231. The molecule has 6 heteroatoms. The normalized spacial score (nSPS) is 14.1. The van der Waals surface area contributed by atoms with Gasteiger partial charge in [-0.2, -0.15) is 0 Å². The average molecular weight is 431 g/mol. The van der Waals surface area contributed by atoms with Gasteiger partial charge in [-0.25, -0.2) is 0 Å². The Kier molecular flexibility index (Phi) is 6.70. The highest BCUT2D eigenvalue weighted by Gasteiger charge is 2.28. The summed E-state index contributed by atoms with van der Waals surface area (Å²) in [6.07, 6.45) is 1.16. The van der Waals surface area contributed by atoms with Crippen molar-refractivity contribution in [3.63, 3.8) is 0 Å². The fourth-order valence-electron chi connectivity index (χ4n) is 3.80. The highest BCUT2D eigenvalue weighted by molar-refractivity contribution is 5.96. The Labute approximate surface area is 187 Å². The maximum absolute atomic E-state index is 13.0. The summed E-state index contributed by atoms with van der Waals surface area (Å²) in [6.45, 7) is 1.45. The number of nitrogens with zero attached hydrogens (tertiary/aromatic N) is 1. The summed E-state index contributed by atoms with van der Waals surface area (Å²) in [4.78, 5) is 27.3. The van der Waals surface area contributed by atoms with E-state index in [0.29, 0.717) is 49.5 Å². The molecule has 1 aliphatic heterocycles. The van der Waals surface area contributed by atoms with Crippen LogP contribution in [0.2, 0.25) is 0 Å². The van der Waals surface area contributed by atoms with E-state index in [4.69, 9.17) is 4.74 Å². The molecule has 0 atom stereocenters. The Morgan fingerprint density at radius 3 is 2.41 bits per heavy atom. The van der Waals surface area contributed by atoms with Gasteiger partial charge in [0.2, 0.25) is 5.91 Å². The Balaban J connectivity index is 1.31. The van der Waals surface area contributed by atoms with Crippen LogP contribution in [-0.2, 0) is 11.4 Å². The molecule has 1 aliphatic rings. The third-order valence-electron chi connectivity index (χ3n) is 5.64. The minimum absolute atomic E-state index is 0.0443. The van der Waals surface area contributed by atoms with Gasteiger partial charge in [0, 0.05) is 24.6 Å². The van der Waals surface area contributed by atoms with Gasteiger partial charge < -0.3 is 20.1 Å². The molecule has 0 aromatic heterocycles. The smallest absolute Gasteiger partial charge is 0.253 e. The van der Waals surface area contributed by atoms with Gasteiger partial charge in [-0.1, -0.05) is 48.5 Å². The molecule has 0 aliphatic carbocycles. The lowest BCUT2D eigenvalue weighted by molar-refractivity contribution is -0.121. The molecule has 4 rings (SSSR count). The molecule has 6 nitrogen and oxygen atoms in total. The van der Waals surface area contributed by atoms with Crippen molar-refractivity contribution in [3.8, 4) is 11.5 Å². The summed E-state index contributed by atoms with van der Waals surface area (Å²) >= 11 is 0. The number of nitrogens with one attached hydrogen (secondary N) is 1. The zero-order chi connectivity index (χ0) is 22.3. The van der Waals surface area contributed by atoms with Gasteiger partial charge in [-0.05, 0) is 48.7 Å². The predicted molar refractivity (Wildman–Crippen MR) is 123 cm³/mol. The number of ether oxygens (including phenoxy) is 1. The summed E-state index contributed by atoms with van der Waals surface area (Å²) < 4.78 is 5.84. The van der Waals surface area contributed by atoms with Gasteiger partial charge in [0.25, 0.3) is 5.91 Å². The topological polar surface area (TPSA) is 78.9 Å². The Bertz CT molecular complexity index is 1080. The molecule has 0 saturated carbocycles. The van der Waals surface area contributed by atoms with Gasteiger partial charge in [-0.3, -0.25) is 9.59 Å². The maximum Gasteiger partial charge on any atom is 0.253 e. The number of rotatable bonds is 6. The Morgan fingerprint density at radius 1 is 0.938 bits per heavy atom. The van der Waals surface area contributed by atoms with Gasteiger partial charge in [-0.15, -0.1) is 0 Å². The number of benzene rings is 3. The van der Waals surface area contributed by atoms with E-state index >= 15 is 0 Å². The predicted octanol–water partition coefficient (Wildman–Crippen LogP) is 4.46. The van der Waals surface area contributed by atoms with Crippen molar-refractivity contribution >= 4 is 17.5 Å². The summed E-state index contributed by atoms with van der Waals surface area (Å²) in [6, 6.07) is 23.8. The number of para-hydroxylation sites is 2. The van der Waals surface area contributed by atoms with E-state index in [1.54, 1.807) is 35.2 Å². The van der Waals surface area contributed by atoms with E-state index in [0.717, 1.165) is 5.56 Å². The lowest BCUT2D eigenvalue weighted by Gasteiger charge is -2.31. The van der Waals surface area contributed by atoms with E-state index < -0.39 is 0 Å². The lowest BCUT2D eigenvalue weighted by Crippen LogP contribution is -2.41. The van der Waals surface area contributed by atoms with Crippen molar-refractivity contribution in [2.45, 2.75) is 19.4 Å². The monoisotopic (exact) mass is 430 g/mol. The molecule has 164 valence electrons. The molecule has 32 heavy (non-hydrogen) atoms. The average Bonchev–Trinajstić information content (AvgIpc) is 2.84. The highest BCUT2D eigenvalue weighted by Crippen LogP contribution is 2.26. The van der Waals surface area contributed by atoms with Crippen LogP contribution in [0.5, 0.6) is 11.5 Å². The molecular weight excluding hydrogens is 404 g/mol. The number of piperidine rings is 1. The molecule has 2 N–H and O–H groups in total. The molecule has 3 aromatic carbocycles. The van der Waals surface area contributed by atoms with Crippen LogP contribution in [0, 0.1) is 5.92 Å². The molecule has 0 radical (unpaired) electrons. The van der Waals surface area contributed by atoms with Crippen LogP contribution < -0.4 is 10.1 Å². The molecule has 0 bridgehead atoms. The number of hydrogen-bond acceptors (Lipinski definition) is 4. The largest absolute Gasteiger partial charge is 0.506 e. The van der Waals surface area contributed by atoms with Crippen LogP contribution in [0.1, 0.15) is 28.8 Å². The van der Waals surface area contributed by atoms with Crippen LogP contribution in [0.25, 0.3) is 0 Å². The Hall–Kier alpha value is -3.80. The van der Waals surface area contributed by atoms with Gasteiger partial charge in [0.1, 0.15) is 18.1 Å². The second kappa shape index (κ2) is 10.0. The highest BCUT2D eigenvalue weighted by atomic mass is 16.5. The van der Waals surface area contributed by atoms with E-state index in [9.17, 15) is 14.7 Å². The first-order chi connectivity index (χ1) is 15.6. The van der Waals surface area contributed by atoms with Gasteiger partial charge in [0.05, 0.1) is 5.69 Å². The van der Waals surface area contributed by atoms with Crippen molar-refractivity contribution < 1.29 is 19.4 Å². The molecule has 3 aromatic rings. The van der Waals surface area contributed by atoms with Crippen molar-refractivity contribution in [2.24, 2.45) is 5.92 Å². The van der Waals surface area contributed by atoms with E-state index in [-0.39, 0.29) is 23.5 Å². The lowest BCUT2D eigenvalue weighted by atomic mass is 9.95. The van der Waals surface area contributed by atoms with Crippen LogP contribution in [0.15, 0.2) is 78.9 Å². The van der Waals surface area contributed by atoms with Crippen LogP contribution >= 0.6 is 0 Å². The standard InChI is InChI=1S/C26H26N2O4/c29-24-12-5-4-11-23(24)27-25(30)20-13-15-28(16-14-20)26(31)21-9-6-10-22(17-21)32-18-19-7-2-1-3-8-19/h1-12,17,20,29H,13-16,18H2,(H,27,30). The second-order valence-corrected chi connectivity index (χ2v) is 7.87. The number of amides is 2. The molecule has 1 saturated heterocycles. The first-order valence-corrected chi connectivity index (χ1v) is 10.7. The number of aromatic hydroxyl groups is 1. The van der Waals surface area contributed by atoms with Crippen molar-refractivity contribution in [2.75, 3.05) is 18.4 Å². The minimum atomic E-state index is -0.195. The second-order valence-electron chi connectivity index (χ2n) is 7.87. The zero-order valence-electron chi connectivity index (χ0n) is 17.7. The quantitative estimate of drug-likeness (QED) is 0.566. The third-order valence-corrected chi connectivity index (χ3v) is 5.64. The van der Waals surface area contributed by atoms with Crippen LogP contribution in [-0.4, -0.2) is 34.9 Å². The number of phenolic OH excluding ortho intramolecular Hbond substituents is 1. The van der Waals surface area contributed by atoms with Crippen molar-refractivity contribution in [1.29, 1.82) is 0 Å². The Morgan fingerprint density at radius 2 is 1.66 bits per heavy atom. The SMILES string of the molecule is O=C(Nc1ccccc1O)C1CCN(C(=O)c2cccc(OCc3ccccc3)c2)CC1. The fourth-order valence-corrected chi connectivity index (χ4v) is 3.80. The van der Waals surface area contributed by atoms with Crippen molar-refractivity contribution in [3.05, 3.63) is 90.0 Å². The van der Waals surface area contributed by atoms with Gasteiger partial charge >= 0.3 is 0 Å². The molecule has 0 spiro atoms. The summed E-state index contributed by atoms with van der Waals surface area (Å²) in [7, 11) is 0. The first kappa shape index (κ1) is 21.4. The maximum atomic E-state index is 13.0. The zero-order valence-corrected chi connectivity index (χ0v) is 17.7. The molecular formula is C26H26N2O4. The third kappa shape index (κ3) is 5.27. The number of hydrogen-bond donors (Lipinski definition) is 2. The molecule has 2 amide bonds. The van der Waals surface area contributed by atoms with E-state index in [1.807, 2.05) is 42.5 Å². The summed E-state index contributed by atoms with van der Waals surface area (Å²) in [5.74, 6) is 0.309. The minimum Gasteiger partial charge on any atom is -0.506 e. The van der Waals surface area contributed by atoms with E-state index in [1.165, 1.54) is 6.07 Å². The van der Waals surface area contributed by atoms with Crippen LogP contribution in [0.4, 0.5) is 5.69 Å². The number of likely N-dealkylation sites (tertiary alicyclic amines) is 1.